The van der Waals surface area contributed by atoms with Crippen LogP contribution in [0.3, 0.4) is 0 Å². The predicted octanol–water partition coefficient (Wildman–Crippen LogP) is 3.57. The fourth-order valence-corrected chi connectivity index (χ4v) is 4.89. The van der Waals surface area contributed by atoms with Gasteiger partial charge in [0.05, 0.1) is 6.54 Å². The average molecular weight is 365 g/mol. The summed E-state index contributed by atoms with van der Waals surface area (Å²) in [6, 6.07) is -0.833. The molecule has 5 nitrogen and oxygen atoms in total. The lowest BCUT2D eigenvalue weighted by molar-refractivity contribution is -0.851. The van der Waals surface area contributed by atoms with Gasteiger partial charge in [0, 0.05) is 17.8 Å². The first-order valence-corrected chi connectivity index (χ1v) is 10.0. The van der Waals surface area contributed by atoms with Gasteiger partial charge in [-0.05, 0) is 31.3 Å². The first kappa shape index (κ1) is 20.8. The van der Waals surface area contributed by atoms with Gasteiger partial charge in [-0.15, -0.1) is 0 Å². The fraction of sp³-hybridized carbons (Fsp3) is 0.762. The van der Waals surface area contributed by atoms with Crippen molar-refractivity contribution < 1.29 is 24.0 Å². The van der Waals surface area contributed by atoms with Crippen LogP contribution in [-0.4, -0.2) is 46.4 Å². The molecule has 3 atom stereocenters. The second kappa shape index (κ2) is 8.03. The normalized spacial score (nSPS) is 30.1. The van der Waals surface area contributed by atoms with E-state index in [1.165, 1.54) is 6.42 Å². The van der Waals surface area contributed by atoms with Crippen molar-refractivity contribution in [2.45, 2.75) is 71.8 Å². The molecule has 2 aliphatic rings. The number of carboxylic acid groups (broad SMARTS) is 1. The quantitative estimate of drug-likeness (QED) is 0.426. The van der Waals surface area contributed by atoms with Crippen LogP contribution in [0.25, 0.3) is 0 Å². The number of hydrogen-bond donors (Lipinski definition) is 1. The van der Waals surface area contributed by atoms with Crippen molar-refractivity contribution in [1.29, 1.82) is 0 Å². The highest BCUT2D eigenvalue weighted by Gasteiger charge is 2.60. The van der Waals surface area contributed by atoms with Crippen molar-refractivity contribution in [3.05, 3.63) is 12.7 Å². The number of ketones is 1. The van der Waals surface area contributed by atoms with Crippen molar-refractivity contribution in [2.24, 2.45) is 17.3 Å². The molecule has 0 spiro atoms. The minimum absolute atomic E-state index is 0.0331. The molecular weight excluding hydrogens is 330 g/mol. The van der Waals surface area contributed by atoms with E-state index in [1.54, 1.807) is 19.9 Å². The number of likely N-dealkylation sites (tertiary alicyclic amines) is 1. The van der Waals surface area contributed by atoms with E-state index in [4.69, 9.17) is 0 Å². The summed E-state index contributed by atoms with van der Waals surface area (Å²) in [7, 11) is 0. The zero-order valence-electron chi connectivity index (χ0n) is 16.5. The zero-order chi connectivity index (χ0) is 19.5. The third kappa shape index (κ3) is 3.64. The van der Waals surface area contributed by atoms with E-state index >= 15 is 0 Å². The molecule has 0 aromatic carbocycles. The number of nitrogens with zero attached hydrogens (tertiary/aromatic N) is 1. The summed E-state index contributed by atoms with van der Waals surface area (Å²) in [6.45, 7) is 9.80. The van der Waals surface area contributed by atoms with Gasteiger partial charge < -0.3 is 5.11 Å². The van der Waals surface area contributed by atoms with E-state index < -0.39 is 29.1 Å². The molecule has 2 fully saturated rings. The molecule has 0 bridgehead atoms. The van der Waals surface area contributed by atoms with Gasteiger partial charge >= 0.3 is 11.9 Å². The maximum Gasteiger partial charge on any atom is 0.383 e. The van der Waals surface area contributed by atoms with E-state index in [0.29, 0.717) is 25.3 Å². The number of quaternary nitrogens is 1. The van der Waals surface area contributed by atoms with Crippen molar-refractivity contribution >= 4 is 17.7 Å². The maximum absolute atomic E-state index is 13.3. The van der Waals surface area contributed by atoms with Crippen molar-refractivity contribution in [1.82, 2.24) is 0 Å². The van der Waals surface area contributed by atoms with Crippen LogP contribution in [0, 0.1) is 17.3 Å². The highest BCUT2D eigenvalue weighted by atomic mass is 16.4. The van der Waals surface area contributed by atoms with E-state index in [9.17, 15) is 19.5 Å². The monoisotopic (exact) mass is 364 g/mol. The van der Waals surface area contributed by atoms with Crippen LogP contribution in [0.15, 0.2) is 12.7 Å². The Morgan fingerprint density at radius 1 is 1.15 bits per heavy atom. The average Bonchev–Trinajstić information content (AvgIpc) is 3.02. The molecule has 1 aliphatic carbocycles. The maximum atomic E-state index is 13.3. The summed E-state index contributed by atoms with van der Waals surface area (Å²) < 4.78 is -0.276. The SMILES string of the molecule is C=CC[N+]1(C(=O)C(=O)C(C)(C)CC)CCC(C2CCCCC2)[C@H]1C(=O)O. The summed E-state index contributed by atoms with van der Waals surface area (Å²) in [5.74, 6) is -1.62. The number of Topliss-reactive ketones (excluding diaryl/α,β-unsaturated/α-hetero) is 1. The molecule has 1 saturated heterocycles. The van der Waals surface area contributed by atoms with Gasteiger partial charge in [-0.25, -0.2) is 14.1 Å². The van der Waals surface area contributed by atoms with Gasteiger partial charge in [0.25, 0.3) is 5.78 Å². The molecule has 0 radical (unpaired) electrons. The number of hydrogen-bond acceptors (Lipinski definition) is 3. The topological polar surface area (TPSA) is 71.4 Å². The molecule has 1 heterocycles. The number of aliphatic carboxylic acids is 1. The van der Waals surface area contributed by atoms with Crippen LogP contribution in [0.2, 0.25) is 0 Å². The largest absolute Gasteiger partial charge is 0.477 e. The van der Waals surface area contributed by atoms with Crippen LogP contribution >= 0.6 is 0 Å². The first-order valence-electron chi connectivity index (χ1n) is 10.0. The molecule has 0 aromatic rings. The summed E-state index contributed by atoms with van der Waals surface area (Å²) >= 11 is 0. The van der Waals surface area contributed by atoms with E-state index in [2.05, 4.69) is 6.58 Å². The lowest BCUT2D eigenvalue weighted by Gasteiger charge is -2.38. The highest BCUT2D eigenvalue weighted by Crippen LogP contribution is 2.43. The third-order valence-corrected chi connectivity index (χ3v) is 6.86. The molecule has 0 aromatic heterocycles. The number of amides is 1. The molecule has 2 unspecified atom stereocenters. The first-order chi connectivity index (χ1) is 12.2. The molecule has 1 saturated carbocycles. The van der Waals surface area contributed by atoms with E-state index in [0.717, 1.165) is 25.7 Å². The number of carboxylic acids is 1. The Morgan fingerprint density at radius 3 is 2.27 bits per heavy atom. The van der Waals surface area contributed by atoms with Crippen molar-refractivity contribution in [3.63, 3.8) is 0 Å². The van der Waals surface area contributed by atoms with Crippen molar-refractivity contribution in [3.8, 4) is 0 Å². The van der Waals surface area contributed by atoms with Crippen LogP contribution in [0.1, 0.15) is 65.7 Å². The van der Waals surface area contributed by atoms with Gasteiger partial charge in [-0.2, -0.15) is 0 Å². The number of carbonyl (C=O) groups is 3. The zero-order valence-corrected chi connectivity index (χ0v) is 16.5. The van der Waals surface area contributed by atoms with Gasteiger partial charge in [-0.1, -0.05) is 46.6 Å². The van der Waals surface area contributed by atoms with E-state index in [1.807, 2.05) is 6.92 Å². The summed E-state index contributed by atoms with van der Waals surface area (Å²) in [5, 5.41) is 10.1. The molecule has 1 amide bonds. The summed E-state index contributed by atoms with van der Waals surface area (Å²) in [6.07, 6.45) is 8.38. The minimum atomic E-state index is -0.949. The molecule has 146 valence electrons. The number of carbonyl (C=O) groups excluding carboxylic acids is 2. The standard InChI is InChI=1S/C21H33NO4/c1-5-13-22(19(24)18(23)21(3,4)6-2)14-12-16(17(22)20(25)26)15-10-8-7-9-11-15/h5,15-17H,1,6-14H2,2-4H3/p+1/t16?,17-,22?/m0/s1. The highest BCUT2D eigenvalue weighted by molar-refractivity contribution is 6.35. The fourth-order valence-electron chi connectivity index (χ4n) is 4.89. The number of rotatable bonds is 7. The Labute approximate surface area is 157 Å². The Bertz CT molecular complexity index is 577. The van der Waals surface area contributed by atoms with Crippen LogP contribution in [0.5, 0.6) is 0 Å². The minimum Gasteiger partial charge on any atom is -0.477 e. The van der Waals surface area contributed by atoms with E-state index in [-0.39, 0.29) is 16.9 Å². The molecule has 1 aliphatic heterocycles. The van der Waals surface area contributed by atoms with Crippen LogP contribution in [0.4, 0.5) is 0 Å². The van der Waals surface area contributed by atoms with Crippen LogP contribution in [-0.2, 0) is 14.4 Å². The Morgan fingerprint density at radius 2 is 1.77 bits per heavy atom. The van der Waals surface area contributed by atoms with Crippen LogP contribution < -0.4 is 0 Å². The molecule has 5 heteroatoms. The van der Waals surface area contributed by atoms with Gasteiger partial charge in [-0.3, -0.25) is 4.79 Å². The van der Waals surface area contributed by atoms with Gasteiger partial charge in [0.2, 0.25) is 0 Å². The van der Waals surface area contributed by atoms with Gasteiger partial charge in [0.1, 0.15) is 6.54 Å². The third-order valence-electron chi connectivity index (χ3n) is 6.86. The molecule has 1 N–H and O–H groups in total. The lowest BCUT2D eigenvalue weighted by Crippen LogP contribution is -2.64. The Hall–Kier alpha value is -1.49. The molecular formula is C21H34NO4+. The summed E-state index contributed by atoms with van der Waals surface area (Å²) in [5.41, 5.74) is -0.768. The van der Waals surface area contributed by atoms with Gasteiger partial charge in [0.15, 0.2) is 6.04 Å². The Kier molecular flexibility index (Phi) is 6.43. The molecule has 2 rings (SSSR count). The summed E-state index contributed by atoms with van der Waals surface area (Å²) in [4.78, 5) is 38.5. The van der Waals surface area contributed by atoms with Crippen molar-refractivity contribution in [2.75, 3.05) is 13.1 Å². The Balaban J connectivity index is 2.41. The lowest BCUT2D eigenvalue weighted by atomic mass is 9.76. The second-order valence-electron chi connectivity index (χ2n) is 8.73. The molecule has 26 heavy (non-hydrogen) atoms. The predicted molar refractivity (Wildman–Crippen MR) is 100 cm³/mol. The second-order valence-corrected chi connectivity index (χ2v) is 8.73. The smallest absolute Gasteiger partial charge is 0.383 e.